The monoisotopic (exact) mass is 277 g/mol. The van der Waals surface area contributed by atoms with Crippen LogP contribution in [0.25, 0.3) is 0 Å². The second kappa shape index (κ2) is 4.97. The molecule has 0 fully saturated rings. The number of thiazole rings is 1. The summed E-state index contributed by atoms with van der Waals surface area (Å²) in [6.45, 7) is 3.84. The largest absolute Gasteiger partial charge is 0.486 e. The Bertz CT molecular complexity index is 598. The van der Waals surface area contributed by atoms with Crippen molar-refractivity contribution in [2.45, 2.75) is 13.5 Å². The lowest BCUT2D eigenvalue weighted by Crippen LogP contribution is -2.16. The van der Waals surface area contributed by atoms with Gasteiger partial charge in [-0.2, -0.15) is 0 Å². The molecule has 1 aliphatic heterocycles. The second-order valence-corrected chi connectivity index (χ2v) is 5.60. The third-order valence-electron chi connectivity index (χ3n) is 2.84. The number of aromatic nitrogens is 1. The van der Waals surface area contributed by atoms with Crippen molar-refractivity contribution >= 4 is 22.7 Å². The predicted octanol–water partition coefficient (Wildman–Crippen LogP) is 2.42. The summed E-state index contributed by atoms with van der Waals surface area (Å²) in [5, 5.41) is 4.36. The van der Waals surface area contributed by atoms with Gasteiger partial charge >= 0.3 is 0 Å². The molecule has 0 unspecified atom stereocenters. The molecule has 0 saturated carbocycles. The molecule has 5 nitrogen and oxygen atoms in total. The van der Waals surface area contributed by atoms with Crippen molar-refractivity contribution in [1.29, 1.82) is 0 Å². The van der Waals surface area contributed by atoms with E-state index in [1.54, 1.807) is 17.4 Å². The van der Waals surface area contributed by atoms with E-state index in [4.69, 9.17) is 15.2 Å². The van der Waals surface area contributed by atoms with Gasteiger partial charge in [0.25, 0.3) is 0 Å². The first-order valence-corrected chi connectivity index (χ1v) is 6.88. The van der Waals surface area contributed by atoms with E-state index in [1.165, 1.54) is 4.88 Å². The van der Waals surface area contributed by atoms with Gasteiger partial charge in [0.1, 0.15) is 13.2 Å². The number of benzene rings is 1. The van der Waals surface area contributed by atoms with Crippen molar-refractivity contribution in [3.05, 3.63) is 28.2 Å². The summed E-state index contributed by atoms with van der Waals surface area (Å²) in [6, 6.07) is 3.69. The molecule has 19 heavy (non-hydrogen) atoms. The van der Waals surface area contributed by atoms with Crippen LogP contribution in [0.5, 0.6) is 11.5 Å². The van der Waals surface area contributed by atoms with Crippen LogP contribution < -0.4 is 20.5 Å². The van der Waals surface area contributed by atoms with Crippen LogP contribution in [0.3, 0.4) is 0 Å². The first-order chi connectivity index (χ1) is 9.22. The maximum atomic E-state index is 6.00. The average Bonchev–Trinajstić information content (AvgIpc) is 2.82. The SMILES string of the molecule is Cc1ncc(CNc2cc3c(cc2N)OCCO3)s1. The lowest BCUT2D eigenvalue weighted by Gasteiger charge is -2.20. The lowest BCUT2D eigenvalue weighted by atomic mass is 10.2. The van der Waals surface area contributed by atoms with Crippen molar-refractivity contribution in [2.75, 3.05) is 24.3 Å². The molecule has 0 radical (unpaired) electrons. The normalized spacial score (nSPS) is 13.3. The Labute approximate surface area is 115 Å². The predicted molar refractivity (Wildman–Crippen MR) is 76.0 cm³/mol. The zero-order valence-electron chi connectivity index (χ0n) is 10.6. The van der Waals surface area contributed by atoms with Gasteiger partial charge in [0.15, 0.2) is 11.5 Å². The Balaban J connectivity index is 1.77. The van der Waals surface area contributed by atoms with E-state index in [0.717, 1.165) is 16.4 Å². The van der Waals surface area contributed by atoms with Crippen LogP contribution in [0.15, 0.2) is 18.3 Å². The summed E-state index contributed by atoms with van der Waals surface area (Å²) in [5.74, 6) is 1.45. The Morgan fingerprint density at radius 1 is 1.32 bits per heavy atom. The van der Waals surface area contributed by atoms with Crippen molar-refractivity contribution in [2.24, 2.45) is 0 Å². The Morgan fingerprint density at radius 3 is 2.74 bits per heavy atom. The fourth-order valence-electron chi connectivity index (χ4n) is 1.93. The standard InChI is InChI=1S/C13H15N3O2S/c1-8-15-6-9(19-8)7-16-11-5-13-12(4-10(11)14)17-2-3-18-13/h4-6,16H,2-3,7,14H2,1H3. The number of nitrogen functional groups attached to an aromatic ring is 1. The van der Waals surface area contributed by atoms with Crippen molar-refractivity contribution in [3.8, 4) is 11.5 Å². The van der Waals surface area contributed by atoms with E-state index in [1.807, 2.05) is 19.2 Å². The maximum absolute atomic E-state index is 6.00. The third-order valence-corrected chi connectivity index (χ3v) is 3.75. The van der Waals surface area contributed by atoms with E-state index in [2.05, 4.69) is 10.3 Å². The molecule has 2 aromatic rings. The number of nitrogens with one attached hydrogen (secondary N) is 1. The molecule has 0 atom stereocenters. The maximum Gasteiger partial charge on any atom is 0.163 e. The van der Waals surface area contributed by atoms with E-state index >= 15 is 0 Å². The summed E-state index contributed by atoms with van der Waals surface area (Å²) < 4.78 is 11.0. The highest BCUT2D eigenvalue weighted by Gasteiger charge is 2.14. The van der Waals surface area contributed by atoms with Crippen molar-refractivity contribution < 1.29 is 9.47 Å². The molecule has 0 saturated heterocycles. The van der Waals surface area contributed by atoms with Crippen LogP contribution in [0.4, 0.5) is 11.4 Å². The lowest BCUT2D eigenvalue weighted by molar-refractivity contribution is 0.172. The number of fused-ring (bicyclic) bond motifs is 1. The minimum absolute atomic E-state index is 0.569. The van der Waals surface area contributed by atoms with Gasteiger partial charge in [-0.3, -0.25) is 0 Å². The van der Waals surface area contributed by atoms with Crippen LogP contribution in [-0.4, -0.2) is 18.2 Å². The number of aryl methyl sites for hydroxylation is 1. The molecule has 100 valence electrons. The molecule has 0 bridgehead atoms. The zero-order chi connectivity index (χ0) is 13.2. The Kier molecular flexibility index (Phi) is 3.16. The molecular weight excluding hydrogens is 262 g/mol. The topological polar surface area (TPSA) is 69.4 Å². The molecule has 0 aliphatic carbocycles. The Hall–Kier alpha value is -1.95. The summed E-state index contributed by atoms with van der Waals surface area (Å²) in [7, 11) is 0. The van der Waals surface area contributed by atoms with Crippen LogP contribution >= 0.6 is 11.3 Å². The van der Waals surface area contributed by atoms with Gasteiger partial charge in [0, 0.05) is 23.2 Å². The zero-order valence-corrected chi connectivity index (χ0v) is 11.4. The number of nitrogens with zero attached hydrogens (tertiary/aromatic N) is 1. The quantitative estimate of drug-likeness (QED) is 0.843. The van der Waals surface area contributed by atoms with E-state index in [0.29, 0.717) is 31.2 Å². The van der Waals surface area contributed by atoms with Crippen molar-refractivity contribution in [1.82, 2.24) is 4.98 Å². The van der Waals surface area contributed by atoms with Gasteiger partial charge in [0.2, 0.25) is 0 Å². The number of anilines is 2. The summed E-state index contributed by atoms with van der Waals surface area (Å²) in [4.78, 5) is 5.40. The van der Waals surface area contributed by atoms with Crippen LogP contribution in [0, 0.1) is 6.92 Å². The fraction of sp³-hybridized carbons (Fsp3) is 0.308. The van der Waals surface area contributed by atoms with Gasteiger partial charge in [-0.25, -0.2) is 4.98 Å². The van der Waals surface area contributed by atoms with Gasteiger partial charge in [0.05, 0.1) is 22.9 Å². The third kappa shape index (κ3) is 2.58. The molecule has 1 aromatic heterocycles. The summed E-state index contributed by atoms with van der Waals surface area (Å²) in [5.41, 5.74) is 7.52. The van der Waals surface area contributed by atoms with E-state index < -0.39 is 0 Å². The second-order valence-electron chi connectivity index (χ2n) is 4.28. The van der Waals surface area contributed by atoms with E-state index in [-0.39, 0.29) is 0 Å². The van der Waals surface area contributed by atoms with Gasteiger partial charge in [-0.15, -0.1) is 11.3 Å². The molecule has 3 N–H and O–H groups in total. The van der Waals surface area contributed by atoms with Crippen LogP contribution in [-0.2, 0) is 6.54 Å². The molecule has 3 rings (SSSR count). The van der Waals surface area contributed by atoms with Crippen LogP contribution in [0.2, 0.25) is 0 Å². The highest BCUT2D eigenvalue weighted by Crippen LogP contribution is 2.37. The highest BCUT2D eigenvalue weighted by atomic mass is 32.1. The molecule has 1 aliphatic rings. The molecular formula is C13H15N3O2S. The molecule has 0 spiro atoms. The van der Waals surface area contributed by atoms with E-state index in [9.17, 15) is 0 Å². The minimum Gasteiger partial charge on any atom is -0.486 e. The number of nitrogens with two attached hydrogens (primary N) is 1. The average molecular weight is 277 g/mol. The molecule has 2 heterocycles. The summed E-state index contributed by atoms with van der Waals surface area (Å²) >= 11 is 1.67. The first-order valence-electron chi connectivity index (χ1n) is 6.06. The molecule has 0 amide bonds. The number of hydrogen-bond acceptors (Lipinski definition) is 6. The first kappa shape index (κ1) is 12.1. The molecule has 6 heteroatoms. The van der Waals surface area contributed by atoms with Gasteiger partial charge in [-0.05, 0) is 6.92 Å². The van der Waals surface area contributed by atoms with Gasteiger partial charge < -0.3 is 20.5 Å². The van der Waals surface area contributed by atoms with Crippen LogP contribution in [0.1, 0.15) is 9.88 Å². The van der Waals surface area contributed by atoms with Crippen molar-refractivity contribution in [3.63, 3.8) is 0 Å². The number of hydrogen-bond donors (Lipinski definition) is 2. The molecule has 1 aromatic carbocycles. The smallest absolute Gasteiger partial charge is 0.163 e. The highest BCUT2D eigenvalue weighted by molar-refractivity contribution is 7.11. The Morgan fingerprint density at radius 2 is 2.05 bits per heavy atom. The number of ether oxygens (including phenoxy) is 2. The summed E-state index contributed by atoms with van der Waals surface area (Å²) in [6.07, 6.45) is 1.88. The van der Waals surface area contributed by atoms with Gasteiger partial charge in [-0.1, -0.05) is 0 Å². The fourth-order valence-corrected chi connectivity index (χ4v) is 2.66. The number of rotatable bonds is 3. The minimum atomic E-state index is 0.569.